The Morgan fingerprint density at radius 3 is 2.60 bits per heavy atom. The lowest BCUT2D eigenvalue weighted by Crippen LogP contribution is -2.34. The fraction of sp³-hybridized carbons (Fsp3) is 0.143. The summed E-state index contributed by atoms with van der Waals surface area (Å²) in [4.78, 5) is 25.4. The van der Waals surface area contributed by atoms with Gasteiger partial charge >= 0.3 is 0 Å². The molecule has 0 aliphatic rings. The number of halogens is 1. The highest BCUT2D eigenvalue weighted by atomic mass is 127. The van der Waals surface area contributed by atoms with Crippen molar-refractivity contribution in [3.63, 3.8) is 0 Å². The molecular formula is C14H13IN2O2S. The predicted octanol–water partition coefficient (Wildman–Crippen LogP) is 3.06. The van der Waals surface area contributed by atoms with Gasteiger partial charge in [-0.3, -0.25) is 9.59 Å². The van der Waals surface area contributed by atoms with Crippen LogP contribution in [0.3, 0.4) is 0 Å². The lowest BCUT2D eigenvalue weighted by Gasteiger charge is -2.16. The molecule has 0 spiro atoms. The van der Waals surface area contributed by atoms with Gasteiger partial charge in [-0.25, -0.2) is 0 Å². The average molecular weight is 400 g/mol. The van der Waals surface area contributed by atoms with E-state index in [0.29, 0.717) is 5.56 Å². The Hall–Kier alpha value is -1.41. The number of benzene rings is 1. The van der Waals surface area contributed by atoms with Crippen LogP contribution >= 0.6 is 33.9 Å². The Bertz CT molecular complexity index is 613. The molecule has 0 atom stereocenters. The van der Waals surface area contributed by atoms with Gasteiger partial charge < -0.3 is 10.2 Å². The molecule has 2 amide bonds. The third-order valence-corrected chi connectivity index (χ3v) is 4.39. The molecule has 4 nitrogen and oxygen atoms in total. The second-order valence-corrected chi connectivity index (χ2v) is 7.02. The molecule has 2 aromatic rings. The molecule has 0 radical (unpaired) electrons. The minimum Gasteiger partial charge on any atom is -0.332 e. The van der Waals surface area contributed by atoms with Crippen LogP contribution in [0, 0.1) is 2.88 Å². The van der Waals surface area contributed by atoms with Crippen molar-refractivity contribution in [2.24, 2.45) is 0 Å². The fourth-order valence-electron chi connectivity index (χ4n) is 1.65. The Morgan fingerprint density at radius 1 is 1.30 bits per heavy atom. The van der Waals surface area contributed by atoms with Crippen molar-refractivity contribution < 1.29 is 9.59 Å². The quantitative estimate of drug-likeness (QED) is 0.803. The normalized spacial score (nSPS) is 10.1. The number of hydrogen-bond acceptors (Lipinski definition) is 3. The van der Waals surface area contributed by atoms with E-state index in [1.165, 1.54) is 16.2 Å². The highest BCUT2D eigenvalue weighted by Gasteiger charge is 2.16. The first-order valence-corrected chi connectivity index (χ1v) is 7.86. The highest BCUT2D eigenvalue weighted by Crippen LogP contribution is 2.17. The highest BCUT2D eigenvalue weighted by molar-refractivity contribution is 14.1. The summed E-state index contributed by atoms with van der Waals surface area (Å²) in [6.45, 7) is 0.0279. The number of para-hydroxylation sites is 1. The zero-order valence-corrected chi connectivity index (χ0v) is 13.8. The molecule has 0 saturated heterocycles. The zero-order valence-electron chi connectivity index (χ0n) is 10.8. The summed E-state index contributed by atoms with van der Waals surface area (Å²) in [7, 11) is 1.62. The SMILES string of the molecule is CN(CC(=O)Nc1ccccc1)C(=O)c1csc(I)c1. The van der Waals surface area contributed by atoms with Crippen LogP contribution in [0.1, 0.15) is 10.4 Å². The molecule has 1 N–H and O–H groups in total. The van der Waals surface area contributed by atoms with E-state index >= 15 is 0 Å². The summed E-state index contributed by atoms with van der Waals surface area (Å²) in [6, 6.07) is 11.0. The standard InChI is InChI=1S/C14H13IN2O2S/c1-17(14(19)10-7-12(15)20-9-10)8-13(18)16-11-5-3-2-4-6-11/h2-7,9H,8H2,1H3,(H,16,18). The van der Waals surface area contributed by atoms with Crippen LogP contribution in [-0.2, 0) is 4.79 Å². The Balaban J connectivity index is 1.92. The number of amides is 2. The predicted molar refractivity (Wildman–Crippen MR) is 89.1 cm³/mol. The summed E-state index contributed by atoms with van der Waals surface area (Å²) >= 11 is 3.68. The number of nitrogens with one attached hydrogen (secondary N) is 1. The number of carbonyl (C=O) groups excluding carboxylic acids is 2. The van der Waals surface area contributed by atoms with Crippen molar-refractivity contribution in [2.75, 3.05) is 18.9 Å². The van der Waals surface area contributed by atoms with Crippen LogP contribution < -0.4 is 5.32 Å². The number of thiophene rings is 1. The molecule has 0 unspecified atom stereocenters. The minimum atomic E-state index is -0.211. The summed E-state index contributed by atoms with van der Waals surface area (Å²) in [5.74, 6) is -0.357. The van der Waals surface area contributed by atoms with E-state index in [2.05, 4.69) is 27.9 Å². The first-order chi connectivity index (χ1) is 9.56. The molecule has 1 aromatic carbocycles. The van der Waals surface area contributed by atoms with Crippen LogP contribution in [0.2, 0.25) is 0 Å². The van der Waals surface area contributed by atoms with Gasteiger partial charge in [0.05, 0.1) is 15.0 Å². The Kier molecular flexibility index (Phi) is 5.13. The van der Waals surface area contributed by atoms with E-state index in [4.69, 9.17) is 0 Å². The molecule has 0 bridgehead atoms. The van der Waals surface area contributed by atoms with Crippen LogP contribution in [0.25, 0.3) is 0 Å². The van der Waals surface area contributed by atoms with Crippen molar-refractivity contribution in [2.45, 2.75) is 0 Å². The third-order valence-electron chi connectivity index (χ3n) is 2.60. The Labute approximate surface area is 134 Å². The van der Waals surface area contributed by atoms with Crippen molar-refractivity contribution in [1.29, 1.82) is 0 Å². The van der Waals surface area contributed by atoms with Crippen LogP contribution in [0.5, 0.6) is 0 Å². The third kappa shape index (κ3) is 4.04. The van der Waals surface area contributed by atoms with Gasteiger partial charge in [0.1, 0.15) is 0 Å². The van der Waals surface area contributed by atoms with Crippen molar-refractivity contribution >= 4 is 51.4 Å². The summed E-state index contributed by atoms with van der Waals surface area (Å²) in [5.41, 5.74) is 1.35. The van der Waals surface area contributed by atoms with E-state index in [9.17, 15) is 9.59 Å². The maximum atomic E-state index is 12.1. The topological polar surface area (TPSA) is 49.4 Å². The second-order valence-electron chi connectivity index (χ2n) is 4.21. The Morgan fingerprint density at radius 2 is 2.00 bits per heavy atom. The van der Waals surface area contributed by atoms with Crippen molar-refractivity contribution in [1.82, 2.24) is 4.90 Å². The molecule has 2 rings (SSSR count). The van der Waals surface area contributed by atoms with Gasteiger partial charge in [0.25, 0.3) is 5.91 Å². The monoisotopic (exact) mass is 400 g/mol. The second kappa shape index (κ2) is 6.85. The maximum absolute atomic E-state index is 12.1. The minimum absolute atomic E-state index is 0.0279. The molecular weight excluding hydrogens is 387 g/mol. The molecule has 1 heterocycles. The van der Waals surface area contributed by atoms with Crippen LogP contribution in [0.4, 0.5) is 5.69 Å². The maximum Gasteiger partial charge on any atom is 0.254 e. The molecule has 0 saturated carbocycles. The first kappa shape index (κ1) is 15.0. The molecule has 0 fully saturated rings. The largest absolute Gasteiger partial charge is 0.332 e. The van der Waals surface area contributed by atoms with Gasteiger partial charge in [-0.15, -0.1) is 11.3 Å². The van der Waals surface area contributed by atoms with Crippen LogP contribution in [0.15, 0.2) is 41.8 Å². The van der Waals surface area contributed by atoms with Gasteiger partial charge in [-0.2, -0.15) is 0 Å². The van der Waals surface area contributed by atoms with Crippen molar-refractivity contribution in [3.05, 3.63) is 50.2 Å². The van der Waals surface area contributed by atoms with E-state index in [1.807, 2.05) is 24.3 Å². The van der Waals surface area contributed by atoms with E-state index < -0.39 is 0 Å². The molecule has 6 heteroatoms. The molecule has 104 valence electrons. The van der Waals surface area contributed by atoms with E-state index in [0.717, 1.165) is 8.57 Å². The van der Waals surface area contributed by atoms with Crippen LogP contribution in [-0.4, -0.2) is 30.3 Å². The number of carbonyl (C=O) groups is 2. The van der Waals surface area contributed by atoms with Gasteiger partial charge in [0.2, 0.25) is 5.91 Å². The molecule has 0 aliphatic carbocycles. The fourth-order valence-corrected chi connectivity index (χ4v) is 2.97. The number of rotatable bonds is 4. The summed E-state index contributed by atoms with van der Waals surface area (Å²) in [6.07, 6.45) is 0. The van der Waals surface area contributed by atoms with Gasteiger partial charge in [-0.05, 0) is 40.8 Å². The van der Waals surface area contributed by atoms with Gasteiger partial charge in [-0.1, -0.05) is 18.2 Å². The number of nitrogens with zero attached hydrogens (tertiary/aromatic N) is 1. The smallest absolute Gasteiger partial charge is 0.254 e. The van der Waals surface area contributed by atoms with E-state index in [1.54, 1.807) is 24.6 Å². The lowest BCUT2D eigenvalue weighted by atomic mass is 10.3. The molecule has 1 aromatic heterocycles. The molecule has 0 aliphatic heterocycles. The number of hydrogen-bond donors (Lipinski definition) is 1. The van der Waals surface area contributed by atoms with Gasteiger partial charge in [0.15, 0.2) is 0 Å². The van der Waals surface area contributed by atoms with Gasteiger partial charge in [0, 0.05) is 18.1 Å². The number of anilines is 1. The zero-order chi connectivity index (χ0) is 14.5. The van der Waals surface area contributed by atoms with E-state index in [-0.39, 0.29) is 18.4 Å². The number of likely N-dealkylation sites (N-methyl/N-ethyl adjacent to an activating group) is 1. The molecule has 20 heavy (non-hydrogen) atoms. The summed E-state index contributed by atoms with van der Waals surface area (Å²) < 4.78 is 1.05. The lowest BCUT2D eigenvalue weighted by molar-refractivity contribution is -0.116. The first-order valence-electron chi connectivity index (χ1n) is 5.90. The van der Waals surface area contributed by atoms with Crippen molar-refractivity contribution in [3.8, 4) is 0 Å². The average Bonchev–Trinajstić information content (AvgIpc) is 2.85. The summed E-state index contributed by atoms with van der Waals surface area (Å²) in [5, 5.41) is 4.55.